The summed E-state index contributed by atoms with van der Waals surface area (Å²) in [4.78, 5) is 11.9. The molecule has 0 bridgehead atoms. The summed E-state index contributed by atoms with van der Waals surface area (Å²) < 4.78 is 10.5. The number of carbonyl (C=O) groups excluding carboxylic acids is 1. The van der Waals surface area contributed by atoms with Crippen LogP contribution in [0.25, 0.3) is 0 Å². The number of phenolic OH excluding ortho intramolecular Hbond substituents is 1. The molecule has 0 heterocycles. The zero-order chi connectivity index (χ0) is 16.1. The van der Waals surface area contributed by atoms with Crippen LogP contribution in [0.1, 0.15) is 15.9 Å². The van der Waals surface area contributed by atoms with E-state index in [1.54, 1.807) is 37.3 Å². The topological polar surface area (TPSA) is 55.8 Å². The summed E-state index contributed by atoms with van der Waals surface area (Å²) in [5, 5.41) is 10.6. The third kappa shape index (κ3) is 3.84. The van der Waals surface area contributed by atoms with Crippen molar-refractivity contribution in [2.45, 2.75) is 6.92 Å². The normalized spacial score (nSPS) is 10.3. The molecule has 2 aromatic rings. The number of hydrogen-bond donors (Lipinski definition) is 1. The smallest absolute Gasteiger partial charge is 0.342 e. The number of hydrogen-bond acceptors (Lipinski definition) is 4. The molecule has 0 unspecified atom stereocenters. The van der Waals surface area contributed by atoms with Gasteiger partial charge in [0.05, 0.1) is 10.0 Å². The average Bonchev–Trinajstić information content (AvgIpc) is 2.48. The number of aromatic hydroxyl groups is 1. The van der Waals surface area contributed by atoms with E-state index in [-0.39, 0.29) is 24.5 Å². The van der Waals surface area contributed by atoms with Gasteiger partial charge < -0.3 is 14.6 Å². The van der Waals surface area contributed by atoms with Crippen LogP contribution >= 0.6 is 23.2 Å². The predicted octanol–water partition coefficient (Wildman–Crippen LogP) is 4.24. The molecule has 0 aliphatic carbocycles. The molecular weight excluding hydrogens is 327 g/mol. The Morgan fingerprint density at radius 2 is 1.73 bits per heavy atom. The molecule has 2 aromatic carbocycles. The Bertz CT molecular complexity index is 666. The number of benzene rings is 2. The van der Waals surface area contributed by atoms with Gasteiger partial charge in [-0.1, -0.05) is 41.4 Å². The van der Waals surface area contributed by atoms with Gasteiger partial charge in [-0.15, -0.1) is 0 Å². The van der Waals surface area contributed by atoms with E-state index in [9.17, 15) is 9.90 Å². The van der Waals surface area contributed by atoms with Gasteiger partial charge in [-0.05, 0) is 30.7 Å². The van der Waals surface area contributed by atoms with Crippen LogP contribution in [0.15, 0.2) is 36.4 Å². The first kappa shape index (κ1) is 16.5. The van der Waals surface area contributed by atoms with Crippen molar-refractivity contribution in [2.75, 3.05) is 13.2 Å². The van der Waals surface area contributed by atoms with Gasteiger partial charge in [-0.2, -0.15) is 0 Å². The fraction of sp³-hybridized carbons (Fsp3) is 0.188. The van der Waals surface area contributed by atoms with Crippen LogP contribution in [-0.4, -0.2) is 24.3 Å². The van der Waals surface area contributed by atoms with E-state index >= 15 is 0 Å². The molecule has 4 nitrogen and oxygen atoms in total. The van der Waals surface area contributed by atoms with Crippen molar-refractivity contribution >= 4 is 29.2 Å². The molecule has 6 heteroatoms. The zero-order valence-electron chi connectivity index (χ0n) is 11.8. The fourth-order valence-electron chi connectivity index (χ4n) is 1.80. The van der Waals surface area contributed by atoms with Gasteiger partial charge in [-0.25, -0.2) is 4.79 Å². The molecule has 0 radical (unpaired) electrons. The number of phenols is 1. The highest BCUT2D eigenvalue weighted by atomic mass is 35.5. The molecule has 0 saturated carbocycles. The molecule has 0 aliphatic rings. The molecule has 0 fully saturated rings. The summed E-state index contributed by atoms with van der Waals surface area (Å²) in [6, 6.07) is 9.88. The van der Waals surface area contributed by atoms with E-state index in [0.29, 0.717) is 21.4 Å². The van der Waals surface area contributed by atoms with E-state index in [1.165, 1.54) is 6.07 Å². The van der Waals surface area contributed by atoms with Crippen molar-refractivity contribution in [3.05, 3.63) is 57.6 Å². The minimum Gasteiger partial charge on any atom is -0.507 e. The molecule has 2 rings (SSSR count). The van der Waals surface area contributed by atoms with Crippen molar-refractivity contribution < 1.29 is 19.4 Å². The largest absolute Gasteiger partial charge is 0.507 e. The number of esters is 1. The molecule has 22 heavy (non-hydrogen) atoms. The summed E-state index contributed by atoms with van der Waals surface area (Å²) in [7, 11) is 0. The van der Waals surface area contributed by atoms with Crippen LogP contribution in [0.5, 0.6) is 11.5 Å². The molecular formula is C16H14Cl2O4. The summed E-state index contributed by atoms with van der Waals surface area (Å²) >= 11 is 11.9. The Morgan fingerprint density at radius 1 is 1.09 bits per heavy atom. The zero-order valence-corrected chi connectivity index (χ0v) is 13.3. The Hall–Kier alpha value is -1.91. The first-order chi connectivity index (χ1) is 10.5. The van der Waals surface area contributed by atoms with E-state index in [0.717, 1.165) is 0 Å². The van der Waals surface area contributed by atoms with Crippen molar-refractivity contribution in [3.8, 4) is 11.5 Å². The maximum Gasteiger partial charge on any atom is 0.342 e. The SMILES string of the molecule is Cc1cccc(C(=O)OCCOc2c(Cl)cccc2Cl)c1O. The Morgan fingerprint density at radius 3 is 2.41 bits per heavy atom. The number of ether oxygens (including phenoxy) is 2. The van der Waals surface area contributed by atoms with Gasteiger partial charge in [0.25, 0.3) is 0 Å². The summed E-state index contributed by atoms with van der Waals surface area (Å²) in [6.07, 6.45) is 0. The summed E-state index contributed by atoms with van der Waals surface area (Å²) in [6.45, 7) is 1.81. The van der Waals surface area contributed by atoms with Gasteiger partial charge in [0, 0.05) is 0 Å². The lowest BCUT2D eigenvalue weighted by molar-refractivity contribution is 0.0447. The highest BCUT2D eigenvalue weighted by Gasteiger charge is 2.14. The lowest BCUT2D eigenvalue weighted by Crippen LogP contribution is -2.13. The van der Waals surface area contributed by atoms with Crippen molar-refractivity contribution in [1.29, 1.82) is 0 Å². The van der Waals surface area contributed by atoms with Crippen molar-refractivity contribution in [2.24, 2.45) is 0 Å². The number of carbonyl (C=O) groups is 1. The third-order valence-electron chi connectivity index (χ3n) is 2.94. The fourth-order valence-corrected chi connectivity index (χ4v) is 2.31. The maximum atomic E-state index is 11.9. The highest BCUT2D eigenvalue weighted by Crippen LogP contribution is 2.32. The first-order valence-electron chi connectivity index (χ1n) is 6.53. The molecule has 0 aliphatic heterocycles. The minimum absolute atomic E-state index is 0.00771. The van der Waals surface area contributed by atoms with E-state index < -0.39 is 5.97 Å². The van der Waals surface area contributed by atoms with Crippen LogP contribution in [0.4, 0.5) is 0 Å². The van der Waals surface area contributed by atoms with E-state index in [2.05, 4.69) is 0 Å². The molecule has 1 N–H and O–H groups in total. The Kier molecular flexibility index (Phi) is 5.52. The van der Waals surface area contributed by atoms with Crippen LogP contribution < -0.4 is 4.74 Å². The van der Waals surface area contributed by atoms with Gasteiger partial charge in [0.15, 0.2) is 5.75 Å². The quantitative estimate of drug-likeness (QED) is 0.653. The second-order valence-corrected chi connectivity index (χ2v) is 5.32. The molecule has 0 amide bonds. The monoisotopic (exact) mass is 340 g/mol. The second-order valence-electron chi connectivity index (χ2n) is 4.51. The summed E-state index contributed by atoms with van der Waals surface area (Å²) in [5.74, 6) is -0.349. The summed E-state index contributed by atoms with van der Waals surface area (Å²) in [5.41, 5.74) is 0.726. The lowest BCUT2D eigenvalue weighted by atomic mass is 10.1. The third-order valence-corrected chi connectivity index (χ3v) is 3.53. The lowest BCUT2D eigenvalue weighted by Gasteiger charge is -2.11. The van der Waals surface area contributed by atoms with Gasteiger partial charge in [0.1, 0.15) is 24.5 Å². The molecule has 0 spiro atoms. The average molecular weight is 341 g/mol. The number of rotatable bonds is 5. The van der Waals surface area contributed by atoms with E-state index in [4.69, 9.17) is 32.7 Å². The predicted molar refractivity (Wildman–Crippen MR) is 85.1 cm³/mol. The number of aryl methyl sites for hydroxylation is 1. The Labute approximate surface area is 138 Å². The maximum absolute atomic E-state index is 11.9. The standard InChI is InChI=1S/C16H14Cl2O4/c1-10-4-2-5-11(14(10)19)16(20)22-9-8-21-15-12(17)6-3-7-13(15)18/h2-7,19H,8-9H2,1H3. The first-order valence-corrected chi connectivity index (χ1v) is 7.29. The van der Waals surface area contributed by atoms with Crippen LogP contribution in [0.2, 0.25) is 10.0 Å². The van der Waals surface area contributed by atoms with Crippen LogP contribution in [0, 0.1) is 6.92 Å². The second kappa shape index (κ2) is 7.38. The Balaban J connectivity index is 1.89. The van der Waals surface area contributed by atoms with Crippen molar-refractivity contribution in [3.63, 3.8) is 0 Å². The highest BCUT2D eigenvalue weighted by molar-refractivity contribution is 6.37. The molecule has 0 saturated heterocycles. The molecule has 0 aromatic heterocycles. The van der Waals surface area contributed by atoms with Gasteiger partial charge in [0.2, 0.25) is 0 Å². The molecule has 0 atom stereocenters. The molecule has 116 valence electrons. The van der Waals surface area contributed by atoms with E-state index in [1.807, 2.05) is 0 Å². The van der Waals surface area contributed by atoms with Crippen LogP contribution in [-0.2, 0) is 4.74 Å². The van der Waals surface area contributed by atoms with Crippen LogP contribution in [0.3, 0.4) is 0 Å². The number of para-hydroxylation sites is 2. The minimum atomic E-state index is -0.616. The number of halogens is 2. The van der Waals surface area contributed by atoms with Gasteiger partial charge in [-0.3, -0.25) is 0 Å². The van der Waals surface area contributed by atoms with Gasteiger partial charge >= 0.3 is 5.97 Å². The van der Waals surface area contributed by atoms with Crippen molar-refractivity contribution in [1.82, 2.24) is 0 Å².